The highest BCUT2D eigenvalue weighted by atomic mass is 16.6. The first kappa shape index (κ1) is 13.0. The molecule has 5 nitrogen and oxygen atoms in total. The molecular weight excluding hydrogens is 230 g/mol. The van der Waals surface area contributed by atoms with Crippen LogP contribution in [0.5, 0.6) is 0 Å². The fraction of sp³-hybridized carbons (Fsp3) is 0.538. The van der Waals surface area contributed by atoms with Crippen LogP contribution in [0.1, 0.15) is 25.5 Å². The number of hydrogen-bond donors (Lipinski definition) is 1. The smallest absolute Gasteiger partial charge is 0.269 e. The van der Waals surface area contributed by atoms with E-state index in [2.05, 4.69) is 24.1 Å². The van der Waals surface area contributed by atoms with E-state index in [1.165, 1.54) is 6.07 Å². The molecule has 1 aliphatic rings. The summed E-state index contributed by atoms with van der Waals surface area (Å²) in [5.74, 6) is 0. The average molecular weight is 249 g/mol. The van der Waals surface area contributed by atoms with Crippen LogP contribution in [0.2, 0.25) is 0 Å². The molecule has 0 saturated carbocycles. The number of nitro groups is 1. The van der Waals surface area contributed by atoms with Crippen LogP contribution in [0.25, 0.3) is 0 Å². The van der Waals surface area contributed by atoms with Crippen LogP contribution in [-0.2, 0) is 0 Å². The third kappa shape index (κ3) is 2.52. The molecule has 1 atom stereocenters. The van der Waals surface area contributed by atoms with E-state index in [9.17, 15) is 10.1 Å². The lowest BCUT2D eigenvalue weighted by molar-refractivity contribution is -0.385. The Labute approximate surface area is 107 Å². The molecule has 0 amide bonds. The van der Waals surface area contributed by atoms with E-state index < -0.39 is 0 Å². The highest BCUT2D eigenvalue weighted by Crippen LogP contribution is 2.26. The van der Waals surface area contributed by atoms with Crippen molar-refractivity contribution < 1.29 is 4.92 Å². The van der Waals surface area contributed by atoms with E-state index in [0.29, 0.717) is 6.04 Å². The van der Waals surface area contributed by atoms with Gasteiger partial charge in [-0.3, -0.25) is 15.0 Å². The first-order chi connectivity index (χ1) is 8.63. The van der Waals surface area contributed by atoms with Crippen molar-refractivity contribution in [2.45, 2.75) is 25.9 Å². The maximum absolute atomic E-state index is 10.8. The molecule has 0 radical (unpaired) electrons. The lowest BCUT2D eigenvalue weighted by Crippen LogP contribution is -2.57. The number of nitrogens with one attached hydrogen (secondary N) is 1. The highest BCUT2D eigenvalue weighted by molar-refractivity contribution is 5.35. The average Bonchev–Trinajstić information content (AvgIpc) is 2.32. The number of likely N-dealkylation sites (N-methyl/N-ethyl adjacent to an activating group) is 1. The lowest BCUT2D eigenvalue weighted by atomic mass is 10.0. The summed E-state index contributed by atoms with van der Waals surface area (Å²) in [5, 5.41) is 14.1. The van der Waals surface area contributed by atoms with E-state index in [4.69, 9.17) is 0 Å². The number of hydrogen-bond acceptors (Lipinski definition) is 4. The molecule has 1 N–H and O–H groups in total. The topological polar surface area (TPSA) is 58.4 Å². The molecule has 1 heterocycles. The van der Waals surface area contributed by atoms with Gasteiger partial charge in [0.25, 0.3) is 5.69 Å². The zero-order valence-electron chi connectivity index (χ0n) is 10.8. The summed E-state index contributed by atoms with van der Waals surface area (Å²) in [6, 6.07) is 7.70. The summed E-state index contributed by atoms with van der Waals surface area (Å²) in [6.07, 6.45) is 0. The van der Waals surface area contributed by atoms with Gasteiger partial charge < -0.3 is 5.32 Å². The minimum Gasteiger partial charge on any atom is -0.314 e. The predicted molar refractivity (Wildman–Crippen MR) is 70.5 cm³/mol. The van der Waals surface area contributed by atoms with Crippen LogP contribution in [-0.4, -0.2) is 35.5 Å². The SMILES string of the molecule is CCN(C1CNC1)C(C)c1cccc([N+](=O)[O-])c1. The Morgan fingerprint density at radius 2 is 2.28 bits per heavy atom. The first-order valence-corrected chi connectivity index (χ1v) is 6.34. The maximum atomic E-state index is 10.8. The van der Waals surface area contributed by atoms with Gasteiger partial charge in [-0.05, 0) is 19.0 Å². The summed E-state index contributed by atoms with van der Waals surface area (Å²) < 4.78 is 0. The molecule has 1 aromatic carbocycles. The number of non-ortho nitro benzene ring substituents is 1. The Bertz CT molecular complexity index is 432. The molecule has 1 saturated heterocycles. The van der Waals surface area contributed by atoms with Gasteiger partial charge in [-0.1, -0.05) is 19.1 Å². The summed E-state index contributed by atoms with van der Waals surface area (Å²) in [5.41, 5.74) is 1.18. The molecule has 1 unspecified atom stereocenters. The molecular formula is C13H19N3O2. The molecule has 1 aliphatic heterocycles. The van der Waals surface area contributed by atoms with Gasteiger partial charge in [-0.15, -0.1) is 0 Å². The number of benzene rings is 1. The quantitative estimate of drug-likeness (QED) is 0.640. The molecule has 0 spiro atoms. The Kier molecular flexibility index (Phi) is 3.93. The van der Waals surface area contributed by atoms with Crippen LogP contribution in [0.15, 0.2) is 24.3 Å². The van der Waals surface area contributed by atoms with E-state index in [1.54, 1.807) is 12.1 Å². The molecule has 5 heteroatoms. The Hall–Kier alpha value is -1.46. The largest absolute Gasteiger partial charge is 0.314 e. The van der Waals surface area contributed by atoms with Crippen molar-refractivity contribution >= 4 is 5.69 Å². The van der Waals surface area contributed by atoms with Crippen molar-refractivity contribution in [1.82, 2.24) is 10.2 Å². The highest BCUT2D eigenvalue weighted by Gasteiger charge is 2.28. The third-order valence-electron chi connectivity index (χ3n) is 3.65. The normalized spacial score (nSPS) is 17.5. The summed E-state index contributed by atoms with van der Waals surface area (Å²) in [6.45, 7) is 7.21. The van der Waals surface area contributed by atoms with Gasteiger partial charge in [0.05, 0.1) is 4.92 Å². The van der Waals surface area contributed by atoms with Crippen molar-refractivity contribution in [2.75, 3.05) is 19.6 Å². The molecule has 2 rings (SSSR count). The molecule has 18 heavy (non-hydrogen) atoms. The summed E-state index contributed by atoms with van der Waals surface area (Å²) in [7, 11) is 0. The van der Waals surface area contributed by atoms with Crippen LogP contribution >= 0.6 is 0 Å². The fourth-order valence-corrected chi connectivity index (χ4v) is 2.45. The minimum absolute atomic E-state index is 0.169. The number of nitro benzene ring substituents is 1. The van der Waals surface area contributed by atoms with Crippen molar-refractivity contribution in [3.05, 3.63) is 39.9 Å². The van der Waals surface area contributed by atoms with Gasteiger partial charge in [-0.2, -0.15) is 0 Å². The Morgan fingerprint density at radius 3 is 2.78 bits per heavy atom. The van der Waals surface area contributed by atoms with E-state index in [0.717, 1.165) is 25.2 Å². The Morgan fingerprint density at radius 1 is 1.56 bits per heavy atom. The van der Waals surface area contributed by atoms with E-state index in [1.807, 2.05) is 6.07 Å². The van der Waals surface area contributed by atoms with Gasteiger partial charge in [0.15, 0.2) is 0 Å². The standard InChI is InChI=1S/C13H19N3O2/c1-3-15(13-8-14-9-13)10(2)11-5-4-6-12(7-11)16(17)18/h4-7,10,13-14H,3,8-9H2,1-2H3. The zero-order chi connectivity index (χ0) is 13.1. The Balaban J connectivity index is 2.18. The van der Waals surface area contributed by atoms with Crippen molar-refractivity contribution in [3.63, 3.8) is 0 Å². The molecule has 0 aromatic heterocycles. The number of rotatable bonds is 5. The maximum Gasteiger partial charge on any atom is 0.269 e. The van der Waals surface area contributed by atoms with Gasteiger partial charge in [0.2, 0.25) is 0 Å². The third-order valence-corrected chi connectivity index (χ3v) is 3.65. The summed E-state index contributed by atoms with van der Waals surface area (Å²) in [4.78, 5) is 12.8. The lowest BCUT2D eigenvalue weighted by Gasteiger charge is -2.41. The fourth-order valence-electron chi connectivity index (χ4n) is 2.45. The second kappa shape index (κ2) is 5.46. The van der Waals surface area contributed by atoms with Crippen LogP contribution < -0.4 is 5.32 Å². The van der Waals surface area contributed by atoms with Crippen LogP contribution in [0.4, 0.5) is 5.69 Å². The molecule has 1 fully saturated rings. The van der Waals surface area contributed by atoms with E-state index in [-0.39, 0.29) is 16.7 Å². The molecule has 0 bridgehead atoms. The molecule has 98 valence electrons. The van der Waals surface area contributed by atoms with Gasteiger partial charge >= 0.3 is 0 Å². The summed E-state index contributed by atoms with van der Waals surface area (Å²) >= 11 is 0. The monoisotopic (exact) mass is 249 g/mol. The van der Waals surface area contributed by atoms with E-state index >= 15 is 0 Å². The van der Waals surface area contributed by atoms with Gasteiger partial charge in [0, 0.05) is 37.3 Å². The number of nitrogens with zero attached hydrogens (tertiary/aromatic N) is 2. The van der Waals surface area contributed by atoms with Crippen LogP contribution in [0, 0.1) is 10.1 Å². The molecule has 0 aliphatic carbocycles. The van der Waals surface area contributed by atoms with Crippen molar-refractivity contribution in [3.8, 4) is 0 Å². The zero-order valence-corrected chi connectivity index (χ0v) is 10.8. The second-order valence-corrected chi connectivity index (χ2v) is 4.67. The first-order valence-electron chi connectivity index (χ1n) is 6.34. The van der Waals surface area contributed by atoms with Gasteiger partial charge in [-0.25, -0.2) is 0 Å². The van der Waals surface area contributed by atoms with Gasteiger partial charge in [0.1, 0.15) is 0 Å². The minimum atomic E-state index is -0.336. The van der Waals surface area contributed by atoms with Crippen molar-refractivity contribution in [2.24, 2.45) is 0 Å². The second-order valence-electron chi connectivity index (χ2n) is 4.67. The van der Waals surface area contributed by atoms with Crippen LogP contribution in [0.3, 0.4) is 0 Å². The predicted octanol–water partition coefficient (Wildman–Crippen LogP) is 1.95. The van der Waals surface area contributed by atoms with Crippen molar-refractivity contribution in [1.29, 1.82) is 0 Å². The molecule has 1 aromatic rings.